The largest absolute Gasteiger partial charge is 0.395 e. The molecule has 0 aromatic carbocycles. The van der Waals surface area contributed by atoms with E-state index in [1.165, 1.54) is 0 Å². The van der Waals surface area contributed by atoms with E-state index in [9.17, 15) is 9.59 Å². The van der Waals surface area contributed by atoms with Crippen molar-refractivity contribution in [3.05, 3.63) is 0 Å². The van der Waals surface area contributed by atoms with Crippen molar-refractivity contribution < 1.29 is 19.4 Å². The topological polar surface area (TPSA) is 90.9 Å². The van der Waals surface area contributed by atoms with Crippen LogP contribution in [0, 0.1) is 0 Å². The Labute approximate surface area is 119 Å². The van der Waals surface area contributed by atoms with E-state index in [1.807, 2.05) is 4.90 Å². The van der Waals surface area contributed by atoms with E-state index in [-0.39, 0.29) is 19.1 Å². The van der Waals surface area contributed by atoms with Gasteiger partial charge in [0.2, 0.25) is 5.91 Å². The number of carbonyl (C=O) groups is 2. The molecule has 0 radical (unpaired) electrons. The highest BCUT2D eigenvalue weighted by molar-refractivity contribution is 5.95. The summed E-state index contributed by atoms with van der Waals surface area (Å²) in [5.41, 5.74) is 0. The number of urea groups is 1. The molecular formula is C13H25N3O4. The molecule has 1 aliphatic carbocycles. The molecule has 0 saturated heterocycles. The van der Waals surface area contributed by atoms with Gasteiger partial charge in [0, 0.05) is 26.2 Å². The number of nitrogens with one attached hydrogen (secondary N) is 2. The molecule has 3 N–H and O–H groups in total. The summed E-state index contributed by atoms with van der Waals surface area (Å²) in [4.78, 5) is 25.2. The van der Waals surface area contributed by atoms with Gasteiger partial charge in [-0.05, 0) is 12.8 Å². The highest BCUT2D eigenvalue weighted by Crippen LogP contribution is 2.22. The van der Waals surface area contributed by atoms with Crippen molar-refractivity contribution in [2.45, 2.75) is 31.7 Å². The molecule has 3 amide bonds. The Balaban J connectivity index is 2.31. The fourth-order valence-electron chi connectivity index (χ4n) is 2.45. The second kappa shape index (κ2) is 9.68. The molecule has 1 saturated carbocycles. The Kier molecular flexibility index (Phi) is 8.17. The number of aliphatic hydroxyl groups is 1. The van der Waals surface area contributed by atoms with Crippen molar-refractivity contribution >= 4 is 11.9 Å². The lowest BCUT2D eigenvalue weighted by Gasteiger charge is -2.27. The molecule has 0 atom stereocenters. The molecule has 116 valence electrons. The van der Waals surface area contributed by atoms with Gasteiger partial charge in [0.05, 0.1) is 19.8 Å². The third kappa shape index (κ3) is 6.31. The Bertz CT molecular complexity index is 306. The molecule has 0 aromatic heterocycles. The van der Waals surface area contributed by atoms with Gasteiger partial charge >= 0.3 is 6.03 Å². The summed E-state index contributed by atoms with van der Waals surface area (Å²) >= 11 is 0. The lowest BCUT2D eigenvalue weighted by molar-refractivity contribution is -0.121. The first kappa shape index (κ1) is 16.9. The Morgan fingerprint density at radius 1 is 1.35 bits per heavy atom. The number of ether oxygens (including phenoxy) is 1. The summed E-state index contributed by atoms with van der Waals surface area (Å²) in [6.45, 7) is 1.38. The lowest BCUT2D eigenvalue weighted by Crippen LogP contribution is -2.47. The maximum absolute atomic E-state index is 11.8. The summed E-state index contributed by atoms with van der Waals surface area (Å²) in [5.74, 6) is -0.347. The predicted octanol–water partition coefficient (Wildman–Crippen LogP) is -0.304. The second-order valence-corrected chi connectivity index (χ2v) is 4.93. The van der Waals surface area contributed by atoms with Crippen LogP contribution in [0.2, 0.25) is 0 Å². The predicted molar refractivity (Wildman–Crippen MR) is 74.3 cm³/mol. The van der Waals surface area contributed by atoms with Gasteiger partial charge in [-0.2, -0.15) is 0 Å². The van der Waals surface area contributed by atoms with Crippen LogP contribution in [0.5, 0.6) is 0 Å². The fourth-order valence-corrected chi connectivity index (χ4v) is 2.45. The van der Waals surface area contributed by atoms with Crippen LogP contribution in [0.25, 0.3) is 0 Å². The quantitative estimate of drug-likeness (QED) is 0.533. The zero-order valence-corrected chi connectivity index (χ0v) is 12.1. The minimum absolute atomic E-state index is 0.0177. The Morgan fingerprint density at radius 2 is 2.05 bits per heavy atom. The molecule has 7 nitrogen and oxygen atoms in total. The SMILES string of the molecule is COCCNC(=O)NC(=O)CN(CCO)C1CCCC1. The first-order chi connectivity index (χ1) is 9.67. The van der Waals surface area contributed by atoms with E-state index in [0.29, 0.717) is 25.7 Å². The average Bonchev–Trinajstić information content (AvgIpc) is 2.92. The third-order valence-electron chi connectivity index (χ3n) is 3.42. The van der Waals surface area contributed by atoms with E-state index >= 15 is 0 Å². The van der Waals surface area contributed by atoms with Gasteiger partial charge < -0.3 is 15.2 Å². The zero-order chi connectivity index (χ0) is 14.8. The molecule has 1 fully saturated rings. The van der Waals surface area contributed by atoms with E-state index in [2.05, 4.69) is 10.6 Å². The van der Waals surface area contributed by atoms with Crippen LogP contribution >= 0.6 is 0 Å². The van der Waals surface area contributed by atoms with Crippen LogP contribution < -0.4 is 10.6 Å². The number of nitrogens with zero attached hydrogens (tertiary/aromatic N) is 1. The van der Waals surface area contributed by atoms with Gasteiger partial charge in [0.1, 0.15) is 0 Å². The number of methoxy groups -OCH3 is 1. The molecular weight excluding hydrogens is 262 g/mol. The van der Waals surface area contributed by atoms with Crippen LogP contribution in [0.3, 0.4) is 0 Å². The van der Waals surface area contributed by atoms with Gasteiger partial charge in [0.25, 0.3) is 0 Å². The van der Waals surface area contributed by atoms with Crippen molar-refractivity contribution in [1.29, 1.82) is 0 Å². The summed E-state index contributed by atoms with van der Waals surface area (Å²) in [6.07, 6.45) is 4.41. The molecule has 7 heteroatoms. The van der Waals surface area contributed by atoms with Gasteiger partial charge in [-0.3, -0.25) is 15.0 Å². The van der Waals surface area contributed by atoms with E-state index in [0.717, 1.165) is 25.7 Å². The van der Waals surface area contributed by atoms with E-state index in [4.69, 9.17) is 9.84 Å². The fraction of sp³-hybridized carbons (Fsp3) is 0.846. The number of rotatable bonds is 8. The Hall–Kier alpha value is -1.18. The summed E-state index contributed by atoms with van der Waals surface area (Å²) in [6, 6.07) is -0.174. The standard InChI is InChI=1S/C13H25N3O4/c1-20-9-6-14-13(19)15-12(18)10-16(7-8-17)11-4-2-3-5-11/h11,17H,2-10H2,1H3,(H2,14,15,18,19). The molecule has 1 rings (SSSR count). The highest BCUT2D eigenvalue weighted by atomic mass is 16.5. The number of amides is 3. The van der Waals surface area contributed by atoms with Crippen LogP contribution in [0.15, 0.2) is 0 Å². The van der Waals surface area contributed by atoms with Gasteiger partial charge in [-0.15, -0.1) is 0 Å². The van der Waals surface area contributed by atoms with Crippen molar-refractivity contribution in [2.24, 2.45) is 0 Å². The summed E-state index contributed by atoms with van der Waals surface area (Å²) in [7, 11) is 1.54. The number of hydrogen-bond acceptors (Lipinski definition) is 5. The third-order valence-corrected chi connectivity index (χ3v) is 3.42. The van der Waals surface area contributed by atoms with Gasteiger partial charge in [0.15, 0.2) is 0 Å². The Morgan fingerprint density at radius 3 is 2.65 bits per heavy atom. The van der Waals surface area contributed by atoms with Gasteiger partial charge in [-0.1, -0.05) is 12.8 Å². The summed E-state index contributed by atoms with van der Waals surface area (Å²) in [5, 5.41) is 13.9. The number of carbonyl (C=O) groups excluding carboxylic acids is 2. The molecule has 0 aliphatic heterocycles. The maximum Gasteiger partial charge on any atom is 0.321 e. The maximum atomic E-state index is 11.8. The zero-order valence-electron chi connectivity index (χ0n) is 12.1. The van der Waals surface area contributed by atoms with Crippen molar-refractivity contribution in [3.63, 3.8) is 0 Å². The number of imide groups is 1. The molecule has 0 bridgehead atoms. The van der Waals surface area contributed by atoms with Gasteiger partial charge in [-0.25, -0.2) is 4.79 Å². The molecule has 0 unspecified atom stereocenters. The average molecular weight is 287 g/mol. The summed E-state index contributed by atoms with van der Waals surface area (Å²) < 4.78 is 4.80. The number of hydrogen-bond donors (Lipinski definition) is 3. The first-order valence-corrected chi connectivity index (χ1v) is 7.09. The minimum atomic E-state index is -0.512. The molecule has 0 heterocycles. The van der Waals surface area contributed by atoms with Crippen LogP contribution in [-0.2, 0) is 9.53 Å². The highest BCUT2D eigenvalue weighted by Gasteiger charge is 2.24. The molecule has 1 aliphatic rings. The lowest BCUT2D eigenvalue weighted by atomic mass is 10.2. The second-order valence-electron chi connectivity index (χ2n) is 4.93. The minimum Gasteiger partial charge on any atom is -0.395 e. The van der Waals surface area contributed by atoms with Crippen molar-refractivity contribution in [1.82, 2.24) is 15.5 Å². The molecule has 20 heavy (non-hydrogen) atoms. The smallest absolute Gasteiger partial charge is 0.321 e. The van der Waals surface area contributed by atoms with Crippen LogP contribution in [0.4, 0.5) is 4.79 Å². The van der Waals surface area contributed by atoms with E-state index in [1.54, 1.807) is 7.11 Å². The monoisotopic (exact) mass is 287 g/mol. The molecule has 0 aromatic rings. The normalized spacial score (nSPS) is 15.6. The van der Waals surface area contributed by atoms with Crippen molar-refractivity contribution in [3.8, 4) is 0 Å². The molecule has 0 spiro atoms. The number of aliphatic hydroxyl groups excluding tert-OH is 1. The van der Waals surface area contributed by atoms with Crippen LogP contribution in [-0.4, -0.2) is 67.9 Å². The van der Waals surface area contributed by atoms with Crippen molar-refractivity contribution in [2.75, 3.05) is 40.0 Å². The first-order valence-electron chi connectivity index (χ1n) is 7.09. The van der Waals surface area contributed by atoms with E-state index < -0.39 is 6.03 Å². The van der Waals surface area contributed by atoms with Crippen LogP contribution in [0.1, 0.15) is 25.7 Å².